The largest absolute Gasteiger partial charge is 0.497 e. The fourth-order valence-corrected chi connectivity index (χ4v) is 5.60. The number of sulfonamides is 1. The van der Waals surface area contributed by atoms with E-state index in [9.17, 15) is 18.0 Å². The lowest BCUT2D eigenvalue weighted by molar-refractivity contribution is -0.140. The number of ether oxygens (including phenoxy) is 1. The molecule has 8 nitrogen and oxygen atoms in total. The number of hydrogen-bond donors (Lipinski definition) is 1. The van der Waals surface area contributed by atoms with Gasteiger partial charge in [-0.25, -0.2) is 8.42 Å². The summed E-state index contributed by atoms with van der Waals surface area (Å²) < 4.78 is 33.8. The van der Waals surface area contributed by atoms with Crippen molar-refractivity contribution in [3.05, 3.63) is 88.9 Å². The van der Waals surface area contributed by atoms with Crippen molar-refractivity contribution >= 4 is 39.1 Å². The van der Waals surface area contributed by atoms with Crippen LogP contribution in [0.15, 0.2) is 77.7 Å². The third kappa shape index (κ3) is 6.85. The van der Waals surface area contributed by atoms with E-state index in [1.54, 1.807) is 25.1 Å². The Morgan fingerprint density at radius 1 is 1.03 bits per heavy atom. The van der Waals surface area contributed by atoms with Crippen molar-refractivity contribution in [2.24, 2.45) is 0 Å². The molecule has 1 N–H and O–H groups in total. The highest BCUT2D eigenvalue weighted by Gasteiger charge is 2.33. The van der Waals surface area contributed by atoms with E-state index >= 15 is 0 Å². The van der Waals surface area contributed by atoms with Gasteiger partial charge in [-0.2, -0.15) is 0 Å². The molecule has 0 aromatic heterocycles. The lowest BCUT2D eigenvalue weighted by Gasteiger charge is -2.33. The molecule has 3 aromatic rings. The predicted molar refractivity (Wildman–Crippen MR) is 149 cm³/mol. The third-order valence-electron chi connectivity index (χ3n) is 6.13. The van der Waals surface area contributed by atoms with Gasteiger partial charge in [-0.3, -0.25) is 13.9 Å². The maximum atomic E-state index is 13.9. The molecule has 0 aliphatic rings. The summed E-state index contributed by atoms with van der Waals surface area (Å²) in [7, 11) is -1.20. The van der Waals surface area contributed by atoms with E-state index in [0.717, 1.165) is 15.4 Å². The normalized spacial score (nSPS) is 11.9. The van der Waals surface area contributed by atoms with E-state index in [-0.39, 0.29) is 23.0 Å². The second-order valence-electron chi connectivity index (χ2n) is 8.71. The highest BCUT2D eigenvalue weighted by Crippen LogP contribution is 2.28. The third-order valence-corrected chi connectivity index (χ3v) is 8.15. The molecule has 3 rings (SSSR count). The first-order chi connectivity index (χ1) is 18.1. The van der Waals surface area contributed by atoms with Crippen molar-refractivity contribution < 1.29 is 22.7 Å². The Balaban J connectivity index is 2.05. The van der Waals surface area contributed by atoms with Crippen LogP contribution in [0.5, 0.6) is 5.75 Å². The number of nitrogens with one attached hydrogen (secondary N) is 1. The molecule has 0 fully saturated rings. The number of rotatable bonds is 11. The van der Waals surface area contributed by atoms with E-state index in [0.29, 0.717) is 17.2 Å². The molecular formula is C28H32ClN3O5S. The van der Waals surface area contributed by atoms with Crippen LogP contribution in [0.3, 0.4) is 0 Å². The Hall–Kier alpha value is -3.56. The van der Waals surface area contributed by atoms with Gasteiger partial charge in [0, 0.05) is 18.6 Å². The van der Waals surface area contributed by atoms with Gasteiger partial charge in [-0.1, -0.05) is 54.4 Å². The molecule has 0 saturated carbocycles. The molecule has 0 heterocycles. The summed E-state index contributed by atoms with van der Waals surface area (Å²) in [5, 5.41) is 2.93. The van der Waals surface area contributed by atoms with Crippen LogP contribution < -0.4 is 14.4 Å². The quantitative estimate of drug-likeness (QED) is 0.377. The number of aryl methyl sites for hydroxylation is 1. The van der Waals surface area contributed by atoms with Gasteiger partial charge in [0.05, 0.1) is 17.7 Å². The Morgan fingerprint density at radius 2 is 1.68 bits per heavy atom. The molecule has 0 unspecified atom stereocenters. The minimum Gasteiger partial charge on any atom is -0.497 e. The number of halogens is 1. The van der Waals surface area contributed by atoms with Crippen molar-refractivity contribution in [2.75, 3.05) is 25.0 Å². The van der Waals surface area contributed by atoms with Gasteiger partial charge in [-0.05, 0) is 61.4 Å². The van der Waals surface area contributed by atoms with Crippen molar-refractivity contribution in [3.8, 4) is 5.75 Å². The number of carbonyl (C=O) groups excluding carboxylic acids is 2. The van der Waals surface area contributed by atoms with Crippen molar-refractivity contribution in [3.63, 3.8) is 0 Å². The van der Waals surface area contributed by atoms with E-state index < -0.39 is 28.5 Å². The molecule has 2 amide bonds. The summed E-state index contributed by atoms with van der Waals surface area (Å²) in [4.78, 5) is 28.0. The van der Waals surface area contributed by atoms with Gasteiger partial charge in [0.25, 0.3) is 10.0 Å². The van der Waals surface area contributed by atoms with Crippen LogP contribution in [0.4, 0.5) is 5.69 Å². The average Bonchev–Trinajstić information content (AvgIpc) is 2.92. The minimum absolute atomic E-state index is 0.0190. The fourth-order valence-electron chi connectivity index (χ4n) is 4.01. The number of likely N-dealkylation sites (N-methyl/N-ethyl adjacent to an activating group) is 1. The van der Waals surface area contributed by atoms with E-state index in [1.165, 1.54) is 49.4 Å². The van der Waals surface area contributed by atoms with Crippen molar-refractivity contribution in [1.29, 1.82) is 0 Å². The van der Waals surface area contributed by atoms with Crippen LogP contribution in [0.25, 0.3) is 0 Å². The van der Waals surface area contributed by atoms with Gasteiger partial charge in [0.2, 0.25) is 11.8 Å². The molecule has 0 bridgehead atoms. The number of anilines is 1. The molecule has 0 saturated heterocycles. The second kappa shape index (κ2) is 12.8. The Kier molecular flexibility index (Phi) is 9.77. The maximum Gasteiger partial charge on any atom is 0.264 e. The Bertz CT molecular complexity index is 1360. The second-order valence-corrected chi connectivity index (χ2v) is 11.0. The molecule has 0 spiro atoms. The summed E-state index contributed by atoms with van der Waals surface area (Å²) in [5.74, 6) is -0.367. The van der Waals surface area contributed by atoms with E-state index in [1.807, 2.05) is 31.2 Å². The van der Waals surface area contributed by atoms with Gasteiger partial charge < -0.3 is 15.0 Å². The Morgan fingerprint density at radius 3 is 2.24 bits per heavy atom. The van der Waals surface area contributed by atoms with Crippen LogP contribution in [-0.4, -0.2) is 51.9 Å². The molecule has 10 heteroatoms. The topological polar surface area (TPSA) is 96.0 Å². The van der Waals surface area contributed by atoms with Gasteiger partial charge >= 0.3 is 0 Å². The van der Waals surface area contributed by atoms with Gasteiger partial charge in [0.15, 0.2) is 0 Å². The molecule has 1 atom stereocenters. The molecule has 3 aromatic carbocycles. The number of hydrogen-bond acceptors (Lipinski definition) is 5. The first-order valence-electron chi connectivity index (χ1n) is 12.1. The molecule has 0 aliphatic heterocycles. The molecular weight excluding hydrogens is 526 g/mol. The lowest BCUT2D eigenvalue weighted by Crippen LogP contribution is -2.51. The average molecular weight is 558 g/mol. The summed E-state index contributed by atoms with van der Waals surface area (Å²) in [5.41, 5.74) is 2.10. The van der Waals surface area contributed by atoms with Crippen LogP contribution in [-0.2, 0) is 26.2 Å². The van der Waals surface area contributed by atoms with Gasteiger partial charge in [-0.15, -0.1) is 0 Å². The van der Waals surface area contributed by atoms with Crippen LogP contribution in [0.1, 0.15) is 24.5 Å². The van der Waals surface area contributed by atoms with E-state index in [4.69, 9.17) is 16.3 Å². The number of methoxy groups -OCH3 is 1. The van der Waals surface area contributed by atoms with Crippen LogP contribution >= 0.6 is 11.6 Å². The van der Waals surface area contributed by atoms with Gasteiger partial charge in [0.1, 0.15) is 18.3 Å². The summed E-state index contributed by atoms with van der Waals surface area (Å²) in [6.07, 6.45) is 0.347. The zero-order valence-corrected chi connectivity index (χ0v) is 23.4. The zero-order chi connectivity index (χ0) is 27.9. The fraction of sp³-hybridized carbons (Fsp3) is 0.286. The summed E-state index contributed by atoms with van der Waals surface area (Å²) in [6.45, 7) is 3.36. The highest BCUT2D eigenvalue weighted by molar-refractivity contribution is 7.92. The number of benzene rings is 3. The summed E-state index contributed by atoms with van der Waals surface area (Å²) >= 11 is 6.19. The highest BCUT2D eigenvalue weighted by atomic mass is 35.5. The number of nitrogens with zero attached hydrogens (tertiary/aromatic N) is 2. The van der Waals surface area contributed by atoms with Crippen LogP contribution in [0, 0.1) is 6.92 Å². The standard InChI is InChI=1S/C28H32ClN3O5S/c1-5-26(28(34)30-3)31(18-21-11-9-20(2)10-12-21)27(33)19-32(23-8-6-7-22(29)17-23)38(35,36)25-15-13-24(37-4)14-16-25/h6-17,26H,5,18-19H2,1-4H3,(H,30,34)/t26-/m1/s1. The molecule has 202 valence electrons. The van der Waals surface area contributed by atoms with E-state index in [2.05, 4.69) is 5.32 Å². The molecule has 38 heavy (non-hydrogen) atoms. The molecule has 0 aliphatic carbocycles. The van der Waals surface area contributed by atoms with Crippen molar-refractivity contribution in [1.82, 2.24) is 10.2 Å². The lowest BCUT2D eigenvalue weighted by atomic mass is 10.1. The maximum absolute atomic E-state index is 13.9. The first-order valence-corrected chi connectivity index (χ1v) is 13.9. The Labute approximate surface area is 229 Å². The SMILES string of the molecule is CC[C@H](C(=O)NC)N(Cc1ccc(C)cc1)C(=O)CN(c1cccc(Cl)c1)S(=O)(=O)c1ccc(OC)cc1. The first kappa shape index (κ1) is 29.0. The number of amides is 2. The minimum atomic E-state index is -4.19. The zero-order valence-electron chi connectivity index (χ0n) is 21.8. The summed E-state index contributed by atoms with van der Waals surface area (Å²) in [6, 6.07) is 19.0. The molecule has 0 radical (unpaired) electrons. The number of carbonyl (C=O) groups is 2. The van der Waals surface area contributed by atoms with Crippen molar-refractivity contribution in [2.45, 2.75) is 37.8 Å². The van der Waals surface area contributed by atoms with Crippen LogP contribution in [0.2, 0.25) is 5.02 Å². The predicted octanol–water partition coefficient (Wildman–Crippen LogP) is 4.41. The monoisotopic (exact) mass is 557 g/mol. The smallest absolute Gasteiger partial charge is 0.264 e.